The topological polar surface area (TPSA) is 71.7 Å². The normalized spacial score (nSPS) is 13.2. The molecule has 5 nitrogen and oxygen atoms in total. The van der Waals surface area contributed by atoms with Crippen molar-refractivity contribution in [1.29, 1.82) is 0 Å². The van der Waals surface area contributed by atoms with Gasteiger partial charge in [-0.3, -0.25) is 4.79 Å². The lowest BCUT2D eigenvalue weighted by Gasteiger charge is -2.10. The van der Waals surface area contributed by atoms with Gasteiger partial charge in [0.2, 0.25) is 0 Å². The van der Waals surface area contributed by atoms with Crippen LogP contribution in [0.3, 0.4) is 0 Å². The van der Waals surface area contributed by atoms with E-state index in [9.17, 15) is 23.5 Å². The molecule has 3 rings (SSSR count). The van der Waals surface area contributed by atoms with E-state index in [-0.39, 0.29) is 15.0 Å². The second-order valence-electron chi connectivity index (χ2n) is 5.76. The number of benzene rings is 2. The van der Waals surface area contributed by atoms with E-state index < -0.39 is 29.6 Å². The number of thiazole rings is 1. The van der Waals surface area contributed by atoms with Crippen LogP contribution in [0, 0.1) is 18.6 Å². The molecule has 1 unspecified atom stereocenters. The lowest BCUT2D eigenvalue weighted by atomic mass is 10.1. The molecule has 0 saturated heterocycles. The Hall–Kier alpha value is -2.87. The number of carboxylic acids is 1. The summed E-state index contributed by atoms with van der Waals surface area (Å²) in [7, 11) is 0. The van der Waals surface area contributed by atoms with E-state index in [1.807, 2.05) is 6.92 Å². The van der Waals surface area contributed by atoms with Crippen LogP contribution in [0.25, 0.3) is 10.2 Å². The van der Waals surface area contributed by atoms with Gasteiger partial charge in [0.15, 0.2) is 16.4 Å². The summed E-state index contributed by atoms with van der Waals surface area (Å²) in [5.74, 6) is -3.92. The van der Waals surface area contributed by atoms with Crippen molar-refractivity contribution in [2.75, 3.05) is 0 Å². The zero-order valence-electron chi connectivity index (χ0n) is 13.9. The molecule has 0 aliphatic carbocycles. The quantitative estimate of drug-likeness (QED) is 0.758. The Labute approximate surface area is 150 Å². The van der Waals surface area contributed by atoms with Crippen LogP contribution in [0.2, 0.25) is 0 Å². The smallest absolute Gasteiger partial charge is 0.326 e. The summed E-state index contributed by atoms with van der Waals surface area (Å²) >= 11 is 0.734. The van der Waals surface area contributed by atoms with Crippen molar-refractivity contribution >= 4 is 33.4 Å². The number of aryl methyl sites for hydroxylation is 1. The first-order chi connectivity index (χ1) is 12.3. The van der Waals surface area contributed by atoms with E-state index in [4.69, 9.17) is 0 Å². The lowest BCUT2D eigenvalue weighted by Crippen LogP contribution is -2.25. The number of fused-ring (bicyclic) bond motifs is 1. The summed E-state index contributed by atoms with van der Waals surface area (Å²) in [5, 5.41) is 9.33. The Morgan fingerprint density at radius 1 is 1.15 bits per heavy atom. The van der Waals surface area contributed by atoms with Gasteiger partial charge in [-0.25, -0.2) is 13.6 Å². The molecule has 0 aliphatic rings. The van der Waals surface area contributed by atoms with Gasteiger partial charge in [0.1, 0.15) is 6.04 Å². The third-order valence-corrected chi connectivity index (χ3v) is 4.99. The molecule has 26 heavy (non-hydrogen) atoms. The fourth-order valence-electron chi connectivity index (χ4n) is 2.46. The van der Waals surface area contributed by atoms with Crippen molar-refractivity contribution in [3.63, 3.8) is 0 Å². The number of nitrogens with zero attached hydrogens (tertiary/aromatic N) is 2. The van der Waals surface area contributed by atoms with Crippen molar-refractivity contribution in [2.45, 2.75) is 19.9 Å². The van der Waals surface area contributed by atoms with Gasteiger partial charge in [0, 0.05) is 5.56 Å². The van der Waals surface area contributed by atoms with Gasteiger partial charge in [0.05, 0.1) is 10.2 Å². The van der Waals surface area contributed by atoms with E-state index in [2.05, 4.69) is 4.99 Å². The second-order valence-corrected chi connectivity index (χ2v) is 6.74. The first-order valence-electron chi connectivity index (χ1n) is 7.67. The highest BCUT2D eigenvalue weighted by Gasteiger charge is 2.22. The lowest BCUT2D eigenvalue weighted by molar-refractivity contribution is -0.140. The number of halogens is 2. The van der Waals surface area contributed by atoms with Gasteiger partial charge in [-0.1, -0.05) is 29.0 Å². The molecule has 1 atom stereocenters. The fourth-order valence-corrected chi connectivity index (χ4v) is 3.59. The van der Waals surface area contributed by atoms with Gasteiger partial charge in [0.25, 0.3) is 5.91 Å². The maximum Gasteiger partial charge on any atom is 0.326 e. The number of rotatable bonds is 3. The SMILES string of the molecule is Cc1ccc(C(=O)/N=c2\sc3c(F)c(F)ccc3n2C(C)C(=O)O)cc1. The summed E-state index contributed by atoms with van der Waals surface area (Å²) in [6, 6.07) is 7.77. The van der Waals surface area contributed by atoms with E-state index in [1.165, 1.54) is 17.6 Å². The molecular formula is C18H14F2N2O3S. The summed E-state index contributed by atoms with van der Waals surface area (Å²) in [4.78, 5) is 27.8. The fraction of sp³-hybridized carbons (Fsp3) is 0.167. The Morgan fingerprint density at radius 3 is 2.42 bits per heavy atom. The number of carboxylic acid groups (broad SMARTS) is 1. The maximum atomic E-state index is 14.1. The summed E-state index contributed by atoms with van der Waals surface area (Å²) in [5.41, 5.74) is 1.45. The van der Waals surface area contributed by atoms with Crippen molar-refractivity contribution < 1.29 is 23.5 Å². The zero-order valence-corrected chi connectivity index (χ0v) is 14.7. The standard InChI is InChI=1S/C18H14F2N2O3S/c1-9-3-5-11(6-4-9)16(23)21-18-22(10(2)17(24)25)13-8-7-12(19)14(20)15(13)26-18/h3-8,10H,1-2H3,(H,24,25)/b21-18-. The van der Waals surface area contributed by atoms with Gasteiger partial charge < -0.3 is 9.67 Å². The highest BCUT2D eigenvalue weighted by Crippen LogP contribution is 2.25. The van der Waals surface area contributed by atoms with Crippen molar-refractivity contribution in [3.05, 3.63) is 64.0 Å². The van der Waals surface area contributed by atoms with E-state index >= 15 is 0 Å². The van der Waals surface area contributed by atoms with E-state index in [0.29, 0.717) is 5.56 Å². The summed E-state index contributed by atoms with van der Waals surface area (Å²) in [6.07, 6.45) is 0. The Bertz CT molecular complexity index is 1080. The van der Waals surface area contributed by atoms with Crippen molar-refractivity contribution in [1.82, 2.24) is 4.57 Å². The molecule has 0 bridgehead atoms. The monoisotopic (exact) mass is 376 g/mol. The Morgan fingerprint density at radius 2 is 1.81 bits per heavy atom. The maximum absolute atomic E-state index is 14.1. The van der Waals surface area contributed by atoms with Crippen molar-refractivity contribution in [3.8, 4) is 0 Å². The van der Waals surface area contributed by atoms with E-state index in [0.717, 1.165) is 23.0 Å². The number of aliphatic carboxylic acids is 1. The van der Waals surface area contributed by atoms with Gasteiger partial charge in [-0.2, -0.15) is 4.99 Å². The molecule has 1 N–H and O–H groups in total. The van der Waals surface area contributed by atoms with Crippen LogP contribution >= 0.6 is 11.3 Å². The first-order valence-corrected chi connectivity index (χ1v) is 8.49. The largest absolute Gasteiger partial charge is 0.480 e. The first kappa shape index (κ1) is 17.9. The Kier molecular flexibility index (Phi) is 4.69. The molecule has 1 heterocycles. The highest BCUT2D eigenvalue weighted by molar-refractivity contribution is 7.16. The predicted molar refractivity (Wildman–Crippen MR) is 93.2 cm³/mol. The highest BCUT2D eigenvalue weighted by atomic mass is 32.1. The number of carbonyl (C=O) groups excluding carboxylic acids is 1. The number of hydrogen-bond donors (Lipinski definition) is 1. The number of hydrogen-bond acceptors (Lipinski definition) is 3. The molecule has 8 heteroatoms. The van der Waals surface area contributed by atoms with Crippen LogP contribution in [0.4, 0.5) is 8.78 Å². The van der Waals surface area contributed by atoms with Crippen LogP contribution in [-0.4, -0.2) is 21.6 Å². The molecule has 3 aromatic rings. The third kappa shape index (κ3) is 3.15. The van der Waals surface area contributed by atoms with Gasteiger partial charge >= 0.3 is 5.97 Å². The second kappa shape index (κ2) is 6.80. The summed E-state index contributed by atoms with van der Waals surface area (Å²) in [6.45, 7) is 3.25. The minimum absolute atomic E-state index is 0.00928. The Balaban J connectivity index is 2.25. The molecule has 1 amide bonds. The van der Waals surface area contributed by atoms with Crippen LogP contribution in [0.5, 0.6) is 0 Å². The van der Waals surface area contributed by atoms with Gasteiger partial charge in [-0.05, 0) is 38.1 Å². The van der Waals surface area contributed by atoms with Crippen molar-refractivity contribution in [2.24, 2.45) is 4.99 Å². The number of aromatic nitrogens is 1. The molecule has 2 aromatic carbocycles. The van der Waals surface area contributed by atoms with Gasteiger partial charge in [-0.15, -0.1) is 0 Å². The third-order valence-electron chi connectivity index (χ3n) is 3.93. The van der Waals surface area contributed by atoms with E-state index in [1.54, 1.807) is 24.3 Å². The minimum atomic E-state index is -1.18. The predicted octanol–water partition coefficient (Wildman–Crippen LogP) is 3.68. The molecular weight excluding hydrogens is 362 g/mol. The average Bonchev–Trinajstić information content (AvgIpc) is 2.96. The molecule has 1 aromatic heterocycles. The minimum Gasteiger partial charge on any atom is -0.480 e. The van der Waals surface area contributed by atoms with Crippen LogP contribution in [-0.2, 0) is 4.79 Å². The average molecular weight is 376 g/mol. The number of amides is 1. The molecule has 0 fully saturated rings. The van der Waals surface area contributed by atoms with Crippen LogP contribution in [0.15, 0.2) is 41.4 Å². The number of carbonyl (C=O) groups is 2. The van der Waals surface area contributed by atoms with Crippen LogP contribution < -0.4 is 4.80 Å². The molecule has 0 radical (unpaired) electrons. The van der Waals surface area contributed by atoms with Crippen LogP contribution in [0.1, 0.15) is 28.9 Å². The zero-order chi connectivity index (χ0) is 19.0. The molecule has 134 valence electrons. The molecule has 0 saturated carbocycles. The summed E-state index contributed by atoms with van der Waals surface area (Å²) < 4.78 is 28.8. The molecule has 0 aliphatic heterocycles. The molecule has 0 spiro atoms.